The number of para-hydroxylation sites is 1. The minimum atomic E-state index is -0.635. The van der Waals surface area contributed by atoms with Gasteiger partial charge in [-0.15, -0.1) is 0 Å². The Kier molecular flexibility index (Phi) is 5.45. The number of nitro groups is 1. The molecule has 1 atom stereocenters. The summed E-state index contributed by atoms with van der Waals surface area (Å²) in [4.78, 5) is 22.2. The van der Waals surface area contributed by atoms with Gasteiger partial charge in [0.1, 0.15) is 5.69 Å². The third-order valence-electron chi connectivity index (χ3n) is 2.84. The van der Waals surface area contributed by atoms with Gasteiger partial charge in [0.15, 0.2) is 0 Å². The van der Waals surface area contributed by atoms with Gasteiger partial charge < -0.3 is 16.2 Å². The Hall–Kier alpha value is -2.15. The van der Waals surface area contributed by atoms with Crippen LogP contribution in [0.5, 0.6) is 0 Å². The van der Waals surface area contributed by atoms with Gasteiger partial charge in [-0.2, -0.15) is 0 Å². The number of nitrogen functional groups attached to an aromatic ring is 1. The van der Waals surface area contributed by atoms with Crippen molar-refractivity contribution in [2.45, 2.75) is 26.3 Å². The van der Waals surface area contributed by atoms with Crippen LogP contribution in [0.15, 0.2) is 18.2 Å². The summed E-state index contributed by atoms with van der Waals surface area (Å²) in [5.74, 6) is -0.221. The smallest absolute Gasteiger partial charge is 0.292 e. The van der Waals surface area contributed by atoms with Crippen LogP contribution in [-0.2, 0) is 0 Å². The van der Waals surface area contributed by atoms with Crippen LogP contribution >= 0.6 is 0 Å². The Labute approximate surface area is 116 Å². The van der Waals surface area contributed by atoms with E-state index < -0.39 is 16.9 Å². The highest BCUT2D eigenvalue weighted by molar-refractivity contribution is 6.01. The third-order valence-corrected chi connectivity index (χ3v) is 2.84. The molecular weight excluding hydrogens is 262 g/mol. The number of benzene rings is 1. The molecule has 110 valence electrons. The average molecular weight is 281 g/mol. The fourth-order valence-corrected chi connectivity index (χ4v) is 1.92. The number of hydrogen-bond acceptors (Lipinski definition) is 5. The zero-order valence-electron chi connectivity index (χ0n) is 11.5. The lowest BCUT2D eigenvalue weighted by atomic mass is 10.0. The predicted molar refractivity (Wildman–Crippen MR) is 75.3 cm³/mol. The minimum Gasteiger partial charge on any atom is -0.394 e. The summed E-state index contributed by atoms with van der Waals surface area (Å²) in [5.41, 5.74) is 5.21. The van der Waals surface area contributed by atoms with Crippen molar-refractivity contribution < 1.29 is 14.8 Å². The van der Waals surface area contributed by atoms with Crippen molar-refractivity contribution in [1.29, 1.82) is 0 Å². The zero-order valence-corrected chi connectivity index (χ0v) is 11.5. The number of rotatable bonds is 6. The van der Waals surface area contributed by atoms with Crippen LogP contribution in [0.2, 0.25) is 0 Å². The van der Waals surface area contributed by atoms with Crippen molar-refractivity contribution in [3.05, 3.63) is 33.9 Å². The van der Waals surface area contributed by atoms with E-state index in [1.807, 2.05) is 13.8 Å². The van der Waals surface area contributed by atoms with E-state index in [4.69, 9.17) is 5.73 Å². The number of anilines is 1. The van der Waals surface area contributed by atoms with E-state index in [1.165, 1.54) is 18.2 Å². The molecule has 1 aromatic carbocycles. The molecule has 1 aromatic rings. The van der Waals surface area contributed by atoms with Crippen molar-refractivity contribution >= 4 is 17.3 Å². The summed E-state index contributed by atoms with van der Waals surface area (Å²) in [5, 5.41) is 22.6. The Morgan fingerprint density at radius 2 is 2.15 bits per heavy atom. The molecule has 4 N–H and O–H groups in total. The first-order valence-electron chi connectivity index (χ1n) is 6.31. The molecule has 0 saturated carbocycles. The topological polar surface area (TPSA) is 118 Å². The Morgan fingerprint density at radius 3 is 2.65 bits per heavy atom. The van der Waals surface area contributed by atoms with E-state index in [0.717, 1.165) is 0 Å². The molecular formula is C13H19N3O4. The van der Waals surface area contributed by atoms with Crippen LogP contribution in [0.1, 0.15) is 30.6 Å². The average Bonchev–Trinajstić information content (AvgIpc) is 2.37. The zero-order chi connectivity index (χ0) is 15.3. The largest absolute Gasteiger partial charge is 0.394 e. The maximum atomic E-state index is 12.1. The molecule has 0 spiro atoms. The lowest BCUT2D eigenvalue weighted by Crippen LogP contribution is -2.38. The van der Waals surface area contributed by atoms with E-state index in [9.17, 15) is 20.0 Å². The quantitative estimate of drug-likeness (QED) is 0.412. The normalized spacial score (nSPS) is 12.2. The van der Waals surface area contributed by atoms with Crippen molar-refractivity contribution in [2.24, 2.45) is 5.92 Å². The molecule has 7 nitrogen and oxygen atoms in total. The summed E-state index contributed by atoms with van der Waals surface area (Å²) in [6.07, 6.45) is 0.608. The van der Waals surface area contributed by atoms with Gasteiger partial charge in [-0.1, -0.05) is 19.9 Å². The lowest BCUT2D eigenvalue weighted by Gasteiger charge is -2.18. The maximum Gasteiger partial charge on any atom is 0.292 e. The Bertz CT molecular complexity index is 502. The van der Waals surface area contributed by atoms with E-state index in [1.54, 1.807) is 0 Å². The molecule has 0 aliphatic rings. The van der Waals surface area contributed by atoms with E-state index in [2.05, 4.69) is 5.32 Å². The number of nitrogens with two attached hydrogens (primary N) is 1. The van der Waals surface area contributed by atoms with Crippen molar-refractivity contribution in [3.8, 4) is 0 Å². The highest BCUT2D eigenvalue weighted by atomic mass is 16.6. The van der Waals surface area contributed by atoms with Crippen molar-refractivity contribution in [1.82, 2.24) is 5.32 Å². The number of aliphatic hydroxyl groups excluding tert-OH is 1. The predicted octanol–water partition coefficient (Wildman–Crippen LogP) is 1.31. The molecule has 0 aliphatic heterocycles. The number of nitrogens with zero attached hydrogens (tertiary/aromatic N) is 1. The van der Waals surface area contributed by atoms with Gasteiger partial charge >= 0.3 is 0 Å². The SMILES string of the molecule is CC(C)C[C@@H](CO)NC(=O)c1cccc([N+](=O)[O-])c1N. The fraction of sp³-hybridized carbons (Fsp3) is 0.462. The van der Waals surface area contributed by atoms with Crippen LogP contribution < -0.4 is 11.1 Å². The molecule has 0 radical (unpaired) electrons. The van der Waals surface area contributed by atoms with Gasteiger partial charge in [0.25, 0.3) is 11.6 Å². The van der Waals surface area contributed by atoms with Crippen molar-refractivity contribution in [2.75, 3.05) is 12.3 Å². The molecule has 0 saturated heterocycles. The molecule has 0 unspecified atom stereocenters. The molecule has 1 rings (SSSR count). The van der Waals surface area contributed by atoms with Gasteiger partial charge in [-0.25, -0.2) is 0 Å². The molecule has 0 fully saturated rings. The summed E-state index contributed by atoms with van der Waals surface area (Å²) >= 11 is 0. The number of carbonyl (C=O) groups is 1. The molecule has 0 bridgehead atoms. The standard InChI is InChI=1S/C13H19N3O4/c1-8(2)6-9(7-17)15-13(18)10-4-3-5-11(12(10)14)16(19)20/h3-5,8-9,17H,6-7,14H2,1-2H3,(H,15,18)/t9-/m0/s1. The van der Waals surface area contributed by atoms with Crippen molar-refractivity contribution in [3.63, 3.8) is 0 Å². The highest BCUT2D eigenvalue weighted by Crippen LogP contribution is 2.24. The van der Waals surface area contributed by atoms with Crippen LogP contribution in [0.4, 0.5) is 11.4 Å². The van der Waals surface area contributed by atoms with Gasteiger partial charge in [0.2, 0.25) is 0 Å². The molecule has 0 aromatic heterocycles. The monoisotopic (exact) mass is 281 g/mol. The number of aliphatic hydroxyl groups is 1. The minimum absolute atomic E-state index is 0.0430. The van der Waals surface area contributed by atoms with E-state index in [0.29, 0.717) is 12.3 Å². The first kappa shape index (κ1) is 15.9. The molecule has 0 aliphatic carbocycles. The number of carbonyl (C=O) groups excluding carboxylic acids is 1. The second-order valence-corrected chi connectivity index (χ2v) is 4.98. The summed E-state index contributed by atoms with van der Waals surface area (Å²) in [7, 11) is 0. The lowest BCUT2D eigenvalue weighted by molar-refractivity contribution is -0.383. The number of nitro benzene ring substituents is 1. The van der Waals surface area contributed by atoms with Gasteiger partial charge in [-0.3, -0.25) is 14.9 Å². The van der Waals surface area contributed by atoms with Gasteiger partial charge in [0, 0.05) is 6.07 Å². The Balaban J connectivity index is 2.92. The first-order valence-corrected chi connectivity index (χ1v) is 6.31. The molecule has 20 heavy (non-hydrogen) atoms. The van der Waals surface area contributed by atoms with Crippen LogP contribution in [0.25, 0.3) is 0 Å². The summed E-state index contributed by atoms with van der Waals surface area (Å²) in [6.45, 7) is 3.74. The van der Waals surface area contributed by atoms with Crippen LogP contribution in [0, 0.1) is 16.0 Å². The Morgan fingerprint density at radius 1 is 1.50 bits per heavy atom. The number of amides is 1. The number of nitrogens with one attached hydrogen (secondary N) is 1. The van der Waals surface area contributed by atoms with Crippen LogP contribution in [0.3, 0.4) is 0 Å². The fourth-order valence-electron chi connectivity index (χ4n) is 1.92. The first-order chi connectivity index (χ1) is 9.36. The third kappa shape index (κ3) is 3.92. The molecule has 0 heterocycles. The summed E-state index contributed by atoms with van der Waals surface area (Å²) < 4.78 is 0. The number of hydrogen-bond donors (Lipinski definition) is 3. The van der Waals surface area contributed by atoms with Gasteiger partial charge in [0.05, 0.1) is 23.1 Å². The van der Waals surface area contributed by atoms with E-state index in [-0.39, 0.29) is 23.5 Å². The maximum absolute atomic E-state index is 12.1. The summed E-state index contributed by atoms with van der Waals surface area (Å²) in [6, 6.07) is 3.66. The second kappa shape index (κ2) is 6.85. The van der Waals surface area contributed by atoms with Crippen LogP contribution in [-0.4, -0.2) is 28.6 Å². The highest BCUT2D eigenvalue weighted by Gasteiger charge is 2.21. The molecule has 7 heteroatoms. The molecule has 1 amide bonds. The second-order valence-electron chi connectivity index (χ2n) is 4.98. The van der Waals surface area contributed by atoms with E-state index >= 15 is 0 Å². The van der Waals surface area contributed by atoms with Gasteiger partial charge in [-0.05, 0) is 18.4 Å².